The largest absolute Gasteiger partial charge is 0.624 e. The first-order valence-electron chi connectivity index (χ1n) is 10.4. The summed E-state index contributed by atoms with van der Waals surface area (Å²) in [6.45, 7) is 5.12. The molecule has 0 saturated carbocycles. The third-order valence-corrected chi connectivity index (χ3v) is 5.22. The summed E-state index contributed by atoms with van der Waals surface area (Å²) in [6, 6.07) is 7.18. The molecular weight excluding hydrogens is 384 g/mol. The number of carboxylic acid groups (broad SMARTS) is 1. The van der Waals surface area contributed by atoms with Crippen LogP contribution in [0.25, 0.3) is 17.5 Å². The molecule has 2 N–H and O–H groups in total. The third kappa shape index (κ3) is 4.60. The van der Waals surface area contributed by atoms with Gasteiger partial charge in [-0.3, -0.25) is 4.65 Å². The van der Waals surface area contributed by atoms with Crippen molar-refractivity contribution in [1.29, 1.82) is 0 Å². The molecule has 0 aliphatic carbocycles. The SMILES string of the molecule is CCCCN1C[N+]([O-])(CCCC)C(=O)c2[nH]c(-c3ccc(C=CC(=O)O)cc3)nc21. The number of amides is 1. The number of H-pyrrole nitrogens is 1. The minimum Gasteiger partial charge on any atom is -0.624 e. The van der Waals surface area contributed by atoms with Crippen LogP contribution in [-0.2, 0) is 4.79 Å². The number of carbonyl (C=O) groups is 2. The molecule has 1 atom stereocenters. The number of nitrogens with zero attached hydrogens (tertiary/aromatic N) is 3. The Hall–Kier alpha value is -2.97. The van der Waals surface area contributed by atoms with Crippen LogP contribution in [0.15, 0.2) is 30.3 Å². The number of carbonyl (C=O) groups excluding carboxylic acids is 1. The van der Waals surface area contributed by atoms with Crippen molar-refractivity contribution in [3.8, 4) is 11.4 Å². The fraction of sp³-hybridized carbons (Fsp3) is 0.409. The number of hydrogen-bond acceptors (Lipinski definition) is 5. The predicted molar refractivity (Wildman–Crippen MR) is 116 cm³/mol. The standard InChI is InChI=1S/C22H28N4O4/c1-3-5-13-25-15-26(30,14-6-4-2)22(29)19-21(25)24-20(23-19)17-10-7-16(8-11-17)9-12-18(27)28/h7-12H,3-6,13-15H2,1-2H3,(H,23,24)(H,27,28). The molecule has 160 valence electrons. The number of hydrogen-bond donors (Lipinski definition) is 2. The number of hydroxylamine groups is 3. The summed E-state index contributed by atoms with van der Waals surface area (Å²) in [4.78, 5) is 33.3. The van der Waals surface area contributed by atoms with Crippen LogP contribution in [0.2, 0.25) is 0 Å². The van der Waals surface area contributed by atoms with E-state index in [0.29, 0.717) is 24.6 Å². The van der Waals surface area contributed by atoms with Gasteiger partial charge in [-0.05, 0) is 24.5 Å². The van der Waals surface area contributed by atoms with Crippen molar-refractivity contribution in [3.63, 3.8) is 0 Å². The monoisotopic (exact) mass is 412 g/mol. The Labute approximate surface area is 176 Å². The Morgan fingerprint density at radius 1 is 1.27 bits per heavy atom. The van der Waals surface area contributed by atoms with Gasteiger partial charge in [0.25, 0.3) is 0 Å². The Morgan fingerprint density at radius 2 is 1.97 bits per heavy atom. The lowest BCUT2D eigenvalue weighted by molar-refractivity contribution is -0.799. The van der Waals surface area contributed by atoms with Crippen LogP contribution in [0.5, 0.6) is 0 Å². The van der Waals surface area contributed by atoms with Crippen LogP contribution in [0.1, 0.15) is 55.6 Å². The first kappa shape index (κ1) is 21.7. The van der Waals surface area contributed by atoms with Crippen molar-refractivity contribution >= 4 is 23.8 Å². The summed E-state index contributed by atoms with van der Waals surface area (Å²) in [5, 5.41) is 22.1. The van der Waals surface area contributed by atoms with E-state index in [2.05, 4.69) is 16.9 Å². The van der Waals surface area contributed by atoms with E-state index in [-0.39, 0.29) is 18.9 Å². The second kappa shape index (κ2) is 9.23. The molecule has 2 heterocycles. The second-order valence-corrected chi connectivity index (χ2v) is 7.61. The Bertz CT molecular complexity index is 935. The quantitative estimate of drug-likeness (QED) is 0.366. The number of aromatic amines is 1. The Balaban J connectivity index is 1.93. The lowest BCUT2D eigenvalue weighted by atomic mass is 10.1. The van der Waals surface area contributed by atoms with Gasteiger partial charge in [0, 0.05) is 18.2 Å². The van der Waals surface area contributed by atoms with Crippen molar-refractivity contribution in [2.24, 2.45) is 0 Å². The highest BCUT2D eigenvalue weighted by atomic mass is 16.6. The molecule has 8 heteroatoms. The molecule has 0 fully saturated rings. The number of benzene rings is 1. The number of aromatic nitrogens is 2. The van der Waals surface area contributed by atoms with Gasteiger partial charge in [0.1, 0.15) is 5.82 Å². The maximum Gasteiger partial charge on any atom is 0.367 e. The molecule has 0 spiro atoms. The molecule has 1 amide bonds. The Kier molecular flexibility index (Phi) is 6.69. The zero-order valence-corrected chi connectivity index (χ0v) is 17.4. The average Bonchev–Trinajstić information content (AvgIpc) is 3.19. The van der Waals surface area contributed by atoms with Gasteiger partial charge in [0.2, 0.25) is 0 Å². The fourth-order valence-corrected chi connectivity index (χ4v) is 3.52. The molecule has 1 aromatic heterocycles. The summed E-state index contributed by atoms with van der Waals surface area (Å²) in [7, 11) is 0. The lowest BCUT2D eigenvalue weighted by Gasteiger charge is -2.45. The van der Waals surface area contributed by atoms with Gasteiger partial charge in [-0.15, -0.1) is 0 Å². The number of imidazole rings is 1. The van der Waals surface area contributed by atoms with Crippen LogP contribution in [-0.4, -0.2) is 51.4 Å². The van der Waals surface area contributed by atoms with E-state index >= 15 is 0 Å². The van der Waals surface area contributed by atoms with Crippen LogP contribution in [0, 0.1) is 5.21 Å². The molecule has 0 radical (unpaired) electrons. The van der Waals surface area contributed by atoms with E-state index in [1.54, 1.807) is 12.1 Å². The molecule has 1 unspecified atom stereocenters. The maximum absolute atomic E-state index is 13.3. The molecule has 1 aliphatic heterocycles. The number of rotatable bonds is 9. The molecule has 2 aromatic rings. The van der Waals surface area contributed by atoms with Gasteiger partial charge >= 0.3 is 11.9 Å². The highest BCUT2D eigenvalue weighted by Gasteiger charge is 2.41. The fourth-order valence-electron chi connectivity index (χ4n) is 3.52. The minimum absolute atomic E-state index is 0.0923. The van der Waals surface area contributed by atoms with Crippen molar-refractivity contribution < 1.29 is 19.3 Å². The molecular formula is C22H28N4O4. The molecule has 1 aliphatic rings. The average molecular weight is 412 g/mol. The summed E-state index contributed by atoms with van der Waals surface area (Å²) < 4.78 is -0.884. The smallest absolute Gasteiger partial charge is 0.367 e. The zero-order valence-electron chi connectivity index (χ0n) is 17.4. The summed E-state index contributed by atoms with van der Waals surface area (Å²) >= 11 is 0. The number of unbranched alkanes of at least 4 members (excludes halogenated alkanes) is 2. The van der Waals surface area contributed by atoms with E-state index in [1.807, 2.05) is 24.0 Å². The third-order valence-electron chi connectivity index (χ3n) is 5.22. The highest BCUT2D eigenvalue weighted by molar-refractivity contribution is 5.95. The second-order valence-electron chi connectivity index (χ2n) is 7.61. The van der Waals surface area contributed by atoms with Crippen molar-refractivity contribution in [2.75, 3.05) is 24.7 Å². The van der Waals surface area contributed by atoms with Gasteiger partial charge in [-0.2, -0.15) is 0 Å². The predicted octanol–water partition coefficient (Wildman–Crippen LogP) is 4.01. The molecule has 30 heavy (non-hydrogen) atoms. The number of aliphatic carboxylic acids is 1. The van der Waals surface area contributed by atoms with Crippen molar-refractivity contribution in [2.45, 2.75) is 39.5 Å². The topological polar surface area (TPSA) is 109 Å². The number of nitrogens with one attached hydrogen (secondary N) is 1. The van der Waals surface area contributed by atoms with Crippen LogP contribution in [0.4, 0.5) is 5.82 Å². The molecule has 3 rings (SSSR count). The van der Waals surface area contributed by atoms with Crippen molar-refractivity contribution in [3.05, 3.63) is 46.8 Å². The Morgan fingerprint density at radius 3 is 2.60 bits per heavy atom. The molecule has 1 aromatic carbocycles. The summed E-state index contributed by atoms with van der Waals surface area (Å²) in [6.07, 6.45) is 6.02. The van der Waals surface area contributed by atoms with Crippen LogP contribution >= 0.6 is 0 Å². The zero-order chi connectivity index (χ0) is 21.7. The van der Waals surface area contributed by atoms with Crippen LogP contribution in [0.3, 0.4) is 0 Å². The van der Waals surface area contributed by atoms with Gasteiger partial charge in [0.15, 0.2) is 18.2 Å². The maximum atomic E-state index is 13.3. The van der Waals surface area contributed by atoms with E-state index in [4.69, 9.17) is 5.11 Å². The first-order valence-corrected chi connectivity index (χ1v) is 10.4. The van der Waals surface area contributed by atoms with Gasteiger partial charge in [-0.25, -0.2) is 14.6 Å². The molecule has 0 saturated heterocycles. The number of fused-ring (bicyclic) bond motifs is 1. The van der Waals surface area contributed by atoms with Crippen LogP contribution < -0.4 is 4.90 Å². The summed E-state index contributed by atoms with van der Waals surface area (Å²) in [5.41, 5.74) is 1.78. The van der Waals surface area contributed by atoms with Crippen molar-refractivity contribution in [1.82, 2.24) is 9.97 Å². The molecule has 0 bridgehead atoms. The van der Waals surface area contributed by atoms with E-state index in [9.17, 15) is 14.8 Å². The van der Waals surface area contributed by atoms with Gasteiger partial charge < -0.3 is 20.2 Å². The van der Waals surface area contributed by atoms with E-state index < -0.39 is 16.5 Å². The summed E-state index contributed by atoms with van der Waals surface area (Å²) in [5.74, 6) is -0.413. The number of carboxylic acids is 1. The first-order chi connectivity index (χ1) is 14.4. The molecule has 8 nitrogen and oxygen atoms in total. The minimum atomic E-state index is -1.01. The number of quaternary nitrogens is 1. The normalized spacial score (nSPS) is 18.8. The van der Waals surface area contributed by atoms with E-state index in [1.165, 1.54) is 6.08 Å². The number of anilines is 1. The highest BCUT2D eigenvalue weighted by Crippen LogP contribution is 2.32. The van der Waals surface area contributed by atoms with E-state index in [0.717, 1.165) is 36.5 Å². The van der Waals surface area contributed by atoms with Gasteiger partial charge in [-0.1, -0.05) is 51.0 Å². The van der Waals surface area contributed by atoms with Gasteiger partial charge in [0.05, 0.1) is 6.54 Å². The lowest BCUT2D eigenvalue weighted by Crippen LogP contribution is -2.58.